The van der Waals surface area contributed by atoms with Crippen LogP contribution in [-0.4, -0.2) is 98.6 Å². The van der Waals surface area contributed by atoms with Crippen LogP contribution in [0.2, 0.25) is 0 Å². The fourth-order valence-electron chi connectivity index (χ4n) is 13.8. The maximum Gasteiger partial charge on any atom is 0.0933 e. The third kappa shape index (κ3) is 3.17. The first-order valence-corrected chi connectivity index (χ1v) is 19.7. The molecule has 0 aromatic heterocycles. The maximum absolute atomic E-state index is 4.36. The number of fused-ring (bicyclic) bond motifs is 13. The van der Waals surface area contributed by atoms with Crippen molar-refractivity contribution >= 4 is 22.7 Å². The number of likely N-dealkylation sites (tertiary alicyclic amines) is 4. The van der Waals surface area contributed by atoms with Crippen LogP contribution >= 0.6 is 0 Å². The highest BCUT2D eigenvalue weighted by Crippen LogP contribution is 2.69. The molecule has 4 fully saturated rings. The highest BCUT2D eigenvalue weighted by Gasteiger charge is 2.72. The number of para-hydroxylation sites is 4. The third-order valence-electron chi connectivity index (χ3n) is 15.9. The molecule has 2 unspecified atom stereocenters. The molecule has 52 heavy (non-hydrogen) atoms. The van der Waals surface area contributed by atoms with Crippen molar-refractivity contribution in [3.8, 4) is 0 Å². The number of hydrogen-bond donors (Lipinski definition) is 4. The predicted octanol–water partition coefficient (Wildman–Crippen LogP) is 5.78. The Morgan fingerprint density at radius 2 is 0.769 bits per heavy atom. The largest absolute Gasteiger partial charge is 0.368 e. The van der Waals surface area contributed by atoms with E-state index in [1.807, 2.05) is 0 Å². The second kappa shape index (κ2) is 9.91. The number of likely N-dealkylation sites (N-methyl/N-ethyl adjacent to an activating group) is 4. The Labute approximate surface area is 307 Å². The summed E-state index contributed by atoms with van der Waals surface area (Å²) in [5, 5.41) is 16.7. The predicted molar refractivity (Wildman–Crippen MR) is 209 cm³/mol. The van der Waals surface area contributed by atoms with Crippen LogP contribution in [0.5, 0.6) is 0 Å². The van der Waals surface area contributed by atoms with Crippen LogP contribution in [0.3, 0.4) is 0 Å². The zero-order valence-electron chi connectivity index (χ0n) is 30.8. The summed E-state index contributed by atoms with van der Waals surface area (Å²) in [6.45, 7) is 4.33. The molecule has 4 N–H and O–H groups in total. The van der Waals surface area contributed by atoms with Gasteiger partial charge in [0, 0.05) is 59.8 Å². The normalized spacial score (nSPS) is 38.0. The molecule has 8 heteroatoms. The van der Waals surface area contributed by atoms with Crippen molar-refractivity contribution in [3.05, 3.63) is 118 Å². The van der Waals surface area contributed by atoms with Gasteiger partial charge in [-0.2, -0.15) is 0 Å². The number of hydrogen-bond acceptors (Lipinski definition) is 8. The molecule has 8 atom stereocenters. The molecule has 4 saturated heterocycles. The van der Waals surface area contributed by atoms with Crippen LogP contribution in [0.4, 0.5) is 22.7 Å². The minimum Gasteiger partial charge on any atom is -0.368 e. The van der Waals surface area contributed by atoms with Crippen molar-refractivity contribution in [3.63, 3.8) is 0 Å². The van der Waals surface area contributed by atoms with Gasteiger partial charge in [-0.05, 0) is 99.4 Å². The lowest BCUT2D eigenvalue weighted by Crippen LogP contribution is -2.60. The van der Waals surface area contributed by atoms with E-state index in [9.17, 15) is 0 Å². The minimum atomic E-state index is -0.101. The first-order chi connectivity index (χ1) is 25.4. The van der Waals surface area contributed by atoms with Gasteiger partial charge in [0.25, 0.3) is 0 Å². The van der Waals surface area contributed by atoms with E-state index in [2.05, 4.69) is 154 Å². The lowest BCUT2D eigenvalue weighted by atomic mass is 9.54. The molecule has 8 aliphatic heterocycles. The van der Waals surface area contributed by atoms with Gasteiger partial charge < -0.3 is 21.3 Å². The highest BCUT2D eigenvalue weighted by molar-refractivity contribution is 5.81. The van der Waals surface area contributed by atoms with Gasteiger partial charge in [-0.25, -0.2) is 0 Å². The Morgan fingerprint density at radius 3 is 1.23 bits per heavy atom. The van der Waals surface area contributed by atoms with Crippen molar-refractivity contribution < 1.29 is 0 Å². The average Bonchev–Trinajstić information content (AvgIpc) is 4.03. The van der Waals surface area contributed by atoms with Crippen LogP contribution in [0, 0.1) is 0 Å². The van der Waals surface area contributed by atoms with Gasteiger partial charge in [0.1, 0.15) is 0 Å². The van der Waals surface area contributed by atoms with E-state index in [1.165, 1.54) is 56.1 Å². The first-order valence-electron chi connectivity index (χ1n) is 19.7. The Bertz CT molecular complexity index is 2030. The molecule has 8 heterocycles. The van der Waals surface area contributed by atoms with Crippen LogP contribution in [0.25, 0.3) is 0 Å². The molecular formula is C44H50N8. The van der Waals surface area contributed by atoms with E-state index in [0.29, 0.717) is 0 Å². The first kappa shape index (κ1) is 30.4. The Morgan fingerprint density at radius 1 is 0.404 bits per heavy atom. The molecule has 8 aliphatic rings. The fourth-order valence-corrected chi connectivity index (χ4v) is 13.8. The van der Waals surface area contributed by atoms with Gasteiger partial charge in [-0.3, -0.25) is 19.6 Å². The summed E-state index contributed by atoms with van der Waals surface area (Å²) in [7, 11) is 9.33. The second-order valence-corrected chi connectivity index (χ2v) is 17.5. The van der Waals surface area contributed by atoms with Crippen LogP contribution in [-0.2, 0) is 21.7 Å². The number of nitrogens with one attached hydrogen (secondary N) is 4. The summed E-state index contributed by atoms with van der Waals surface area (Å²) in [5.41, 5.74) is 13.9. The second-order valence-electron chi connectivity index (χ2n) is 17.5. The molecule has 0 aliphatic carbocycles. The molecule has 12 rings (SSSR count). The van der Waals surface area contributed by atoms with Crippen LogP contribution in [0.15, 0.2) is 84.9 Å². The number of rotatable bonds is 3. The van der Waals surface area contributed by atoms with Crippen molar-refractivity contribution in [1.82, 2.24) is 19.6 Å². The van der Waals surface area contributed by atoms with Crippen molar-refractivity contribution in [2.75, 3.05) is 75.6 Å². The van der Waals surface area contributed by atoms with E-state index >= 15 is 0 Å². The van der Waals surface area contributed by atoms with E-state index < -0.39 is 0 Å². The van der Waals surface area contributed by atoms with Crippen LogP contribution in [0.1, 0.15) is 59.1 Å². The monoisotopic (exact) mass is 690 g/mol. The van der Waals surface area contributed by atoms with Gasteiger partial charge in [-0.1, -0.05) is 72.8 Å². The SMILES string of the molecule is CN1CCC2(C34CCN(C)[C@@H]3Nc3c4cccc3[C@]34CCN(C)[C@H]3Nc3ccccc34)c3cccc([C@]45CCN(C)[C@H]4Nc4ccccc45)c3N[C@H]12. The Kier molecular flexibility index (Phi) is 5.79. The highest BCUT2D eigenvalue weighted by atomic mass is 15.4. The number of anilines is 4. The molecule has 0 radical (unpaired) electrons. The quantitative estimate of drug-likeness (QED) is 0.216. The lowest BCUT2D eigenvalue weighted by molar-refractivity contribution is 0.147. The minimum absolute atomic E-state index is 0.100. The summed E-state index contributed by atoms with van der Waals surface area (Å²) >= 11 is 0. The molecule has 0 spiro atoms. The zero-order valence-corrected chi connectivity index (χ0v) is 30.8. The van der Waals surface area contributed by atoms with Crippen molar-refractivity contribution in [2.24, 2.45) is 0 Å². The molecule has 0 saturated carbocycles. The molecule has 0 amide bonds. The van der Waals surface area contributed by atoms with Gasteiger partial charge in [0.05, 0.1) is 35.5 Å². The summed E-state index contributed by atoms with van der Waals surface area (Å²) < 4.78 is 0. The summed E-state index contributed by atoms with van der Waals surface area (Å²) in [5.74, 6) is 0. The third-order valence-corrected chi connectivity index (χ3v) is 15.9. The lowest BCUT2D eigenvalue weighted by Gasteiger charge is -2.48. The van der Waals surface area contributed by atoms with E-state index in [0.717, 1.165) is 51.9 Å². The molecule has 0 bridgehead atoms. The summed E-state index contributed by atoms with van der Waals surface area (Å²) in [4.78, 5) is 10.4. The molecule has 4 aromatic rings. The van der Waals surface area contributed by atoms with Crippen LogP contribution < -0.4 is 21.3 Å². The summed E-state index contributed by atoms with van der Waals surface area (Å²) in [6.07, 6.45) is 5.41. The molecule has 266 valence electrons. The number of nitrogens with zero attached hydrogens (tertiary/aromatic N) is 4. The molecule has 4 aromatic carbocycles. The van der Waals surface area contributed by atoms with Crippen molar-refractivity contribution in [2.45, 2.75) is 72.0 Å². The maximum atomic E-state index is 4.36. The average molecular weight is 691 g/mol. The van der Waals surface area contributed by atoms with Gasteiger partial charge >= 0.3 is 0 Å². The van der Waals surface area contributed by atoms with E-state index in [-0.39, 0.29) is 46.3 Å². The fraction of sp³-hybridized carbons (Fsp3) is 0.455. The smallest absolute Gasteiger partial charge is 0.0933 e. The van der Waals surface area contributed by atoms with E-state index in [1.54, 1.807) is 0 Å². The topological polar surface area (TPSA) is 61.1 Å². The summed E-state index contributed by atoms with van der Waals surface area (Å²) in [6, 6.07) is 33.0. The molecular weight excluding hydrogens is 641 g/mol. The number of benzene rings is 4. The Hall–Kier alpha value is -4.08. The van der Waals surface area contributed by atoms with Gasteiger partial charge in [-0.15, -0.1) is 0 Å². The van der Waals surface area contributed by atoms with Gasteiger partial charge in [0.15, 0.2) is 0 Å². The van der Waals surface area contributed by atoms with Gasteiger partial charge in [0.2, 0.25) is 0 Å². The molecule has 8 nitrogen and oxygen atoms in total. The zero-order chi connectivity index (χ0) is 34.8. The van der Waals surface area contributed by atoms with E-state index in [4.69, 9.17) is 0 Å². The van der Waals surface area contributed by atoms with Crippen molar-refractivity contribution in [1.29, 1.82) is 0 Å². The standard InChI is InChI=1S/C44H50N8/c1-49-23-19-41(27-11-5-7-17-33(27)45-37(41)49)29-13-9-15-31-35(29)47-39-43(31,21-25-51(39)3)44-22-26-52(4)40(44)48-36-30(14-10-16-32(36)44)42-20-24-50(2)38(42)46-34-18-8-6-12-28(34)42/h5-18,37-40,45-48H,19-26H2,1-4H3/t37-,38-,39-,40+,41-,42-,43?,44?/m1/s1. The Balaban J connectivity index is 1.09.